The van der Waals surface area contributed by atoms with Gasteiger partial charge in [-0.2, -0.15) is 0 Å². The number of fused-ring (bicyclic) bond motifs is 4. The quantitative estimate of drug-likeness (QED) is 0.152. The summed E-state index contributed by atoms with van der Waals surface area (Å²) < 4.78 is 57.8. The van der Waals surface area contributed by atoms with Crippen molar-refractivity contribution in [2.75, 3.05) is 16.5 Å². The van der Waals surface area contributed by atoms with E-state index in [-0.39, 0.29) is 33.9 Å². The largest absolute Gasteiger partial charge is 0.457 e. The third-order valence-corrected chi connectivity index (χ3v) is 15.3. The Morgan fingerprint density at radius 3 is 1.67 bits per heavy atom. The lowest BCUT2D eigenvalue weighted by atomic mass is 9.78. The highest BCUT2D eigenvalue weighted by Gasteiger charge is 2.35. The molecule has 0 unspecified atom stereocenters. The number of nitrogens with zero attached hydrogens (tertiary/aromatic N) is 4. The van der Waals surface area contributed by atoms with Gasteiger partial charge in [0.1, 0.15) is 41.4 Å². The van der Waals surface area contributed by atoms with Gasteiger partial charge in [0.2, 0.25) is 0 Å². The molecule has 0 aliphatic carbocycles. The van der Waals surface area contributed by atoms with Gasteiger partial charge in [0.25, 0.3) is 0 Å². The minimum Gasteiger partial charge on any atom is -0.457 e. The summed E-state index contributed by atoms with van der Waals surface area (Å²) >= 11 is 0. The van der Waals surface area contributed by atoms with Crippen molar-refractivity contribution in [3.63, 3.8) is 0 Å². The van der Waals surface area contributed by atoms with E-state index in [4.69, 9.17) is 9.72 Å². The molecule has 0 saturated carbocycles. The molecule has 8 aromatic carbocycles. The van der Waals surface area contributed by atoms with Crippen LogP contribution < -0.4 is 14.5 Å². The summed E-state index contributed by atoms with van der Waals surface area (Å²) in [6, 6.07) is 55.7. The van der Waals surface area contributed by atoms with Crippen molar-refractivity contribution in [3.8, 4) is 50.7 Å². The Morgan fingerprint density at radius 1 is 0.436 bits per heavy atom. The predicted octanol–water partition coefficient (Wildman–Crippen LogP) is 19.8. The van der Waals surface area contributed by atoms with Crippen molar-refractivity contribution >= 4 is 44.6 Å². The molecule has 10 aromatic rings. The Morgan fingerprint density at radius 2 is 1.01 bits per heavy atom. The fraction of sp³-hybridized carbons (Fsp3) is 0.243. The van der Waals surface area contributed by atoms with E-state index in [0.717, 1.165) is 95.8 Å². The van der Waals surface area contributed by atoms with Gasteiger partial charge in [-0.25, -0.2) is 18.2 Å². The average molecular weight is 1040 g/mol. The summed E-state index contributed by atoms with van der Waals surface area (Å²) in [5.74, 6) is -0.796. The molecule has 11 rings (SSSR count). The highest BCUT2D eigenvalue weighted by Crippen LogP contribution is 2.53. The zero-order chi connectivity index (χ0) is 55.2. The molecule has 1 aliphatic rings. The Kier molecular flexibility index (Phi) is 12.7. The van der Waals surface area contributed by atoms with Crippen molar-refractivity contribution in [3.05, 3.63) is 216 Å². The van der Waals surface area contributed by atoms with Crippen molar-refractivity contribution < 1.29 is 17.9 Å². The van der Waals surface area contributed by atoms with Crippen molar-refractivity contribution in [2.45, 2.75) is 105 Å². The summed E-state index contributed by atoms with van der Waals surface area (Å²) in [5, 5.41) is 2.22. The first-order valence-corrected chi connectivity index (χ1v) is 26.9. The molecule has 0 atom stereocenters. The molecular formula is C70H67F3N4O. The first kappa shape index (κ1) is 52.0. The SMILES string of the molecule is CC(C)(C)c1cc(Oc2ccc3c4ccccc4n(-c4cc(C(C)(C)C)ccn4)c3c2)cc(N2CN(c3c(-c4cc(C(C)(C)C)cc(C(C)(C)C)c4)cc(-c4ccccc4)cc3-c3c(F)cc(F)cc3F)c3ccccc32)c1. The molecular weight excluding hydrogens is 970 g/mol. The van der Waals surface area contributed by atoms with Gasteiger partial charge in [-0.05, 0) is 127 Å². The molecule has 0 radical (unpaired) electrons. The van der Waals surface area contributed by atoms with Gasteiger partial charge in [0, 0.05) is 58.0 Å². The number of hydrogen-bond donors (Lipinski definition) is 0. The number of halogens is 3. The Balaban J connectivity index is 1.10. The van der Waals surface area contributed by atoms with E-state index in [0.29, 0.717) is 22.7 Å². The fourth-order valence-corrected chi connectivity index (χ4v) is 10.8. The van der Waals surface area contributed by atoms with Crippen LogP contribution in [0.5, 0.6) is 11.5 Å². The van der Waals surface area contributed by atoms with E-state index < -0.39 is 17.5 Å². The molecule has 2 aromatic heterocycles. The van der Waals surface area contributed by atoms with Crippen LogP contribution in [-0.4, -0.2) is 16.2 Å². The van der Waals surface area contributed by atoms with E-state index in [1.807, 2.05) is 60.8 Å². The molecule has 1 aliphatic heterocycles. The van der Waals surface area contributed by atoms with Gasteiger partial charge in [-0.15, -0.1) is 0 Å². The predicted molar refractivity (Wildman–Crippen MR) is 318 cm³/mol. The number of hydrogen-bond acceptors (Lipinski definition) is 4. The van der Waals surface area contributed by atoms with Crippen LogP contribution in [0.1, 0.15) is 105 Å². The molecule has 0 saturated heterocycles. The highest BCUT2D eigenvalue weighted by molar-refractivity contribution is 6.09. The highest BCUT2D eigenvalue weighted by atomic mass is 19.1. The van der Waals surface area contributed by atoms with E-state index in [9.17, 15) is 4.39 Å². The second-order valence-electron chi connectivity index (χ2n) is 25.1. The summed E-state index contributed by atoms with van der Waals surface area (Å²) in [6.45, 7) is 26.7. The van der Waals surface area contributed by atoms with Crippen molar-refractivity contribution in [1.29, 1.82) is 0 Å². The number of ether oxygens (including phenoxy) is 1. The molecule has 78 heavy (non-hydrogen) atoms. The lowest BCUT2D eigenvalue weighted by Crippen LogP contribution is -2.25. The van der Waals surface area contributed by atoms with Crippen molar-refractivity contribution in [1.82, 2.24) is 9.55 Å². The maximum atomic E-state index is 16.8. The number of aromatic nitrogens is 2. The normalized spacial score (nSPS) is 13.2. The third kappa shape index (κ3) is 9.71. The van der Waals surface area contributed by atoms with Crippen LogP contribution in [-0.2, 0) is 21.7 Å². The molecule has 394 valence electrons. The summed E-state index contributed by atoms with van der Waals surface area (Å²) in [7, 11) is 0. The first-order chi connectivity index (χ1) is 36.9. The Labute approximate surface area is 457 Å². The minimum absolute atomic E-state index is 0.0718. The van der Waals surface area contributed by atoms with Gasteiger partial charge in [-0.3, -0.25) is 4.57 Å². The molecule has 0 spiro atoms. The van der Waals surface area contributed by atoms with E-state index in [1.165, 1.54) is 5.56 Å². The van der Waals surface area contributed by atoms with Gasteiger partial charge in [0.15, 0.2) is 0 Å². The number of rotatable bonds is 8. The second kappa shape index (κ2) is 19.1. The minimum atomic E-state index is -0.985. The zero-order valence-corrected chi connectivity index (χ0v) is 46.8. The molecule has 8 heteroatoms. The van der Waals surface area contributed by atoms with Crippen LogP contribution in [0.2, 0.25) is 0 Å². The molecule has 0 fully saturated rings. The summed E-state index contributed by atoms with van der Waals surface area (Å²) in [6.07, 6.45) is 1.89. The summed E-state index contributed by atoms with van der Waals surface area (Å²) in [4.78, 5) is 9.32. The zero-order valence-electron chi connectivity index (χ0n) is 46.8. The summed E-state index contributed by atoms with van der Waals surface area (Å²) in [5.41, 5.74) is 12.2. The second-order valence-corrected chi connectivity index (χ2v) is 25.1. The topological polar surface area (TPSA) is 33.5 Å². The van der Waals surface area contributed by atoms with Gasteiger partial charge >= 0.3 is 0 Å². The maximum absolute atomic E-state index is 16.8. The van der Waals surface area contributed by atoms with Crippen LogP contribution in [0.15, 0.2) is 176 Å². The van der Waals surface area contributed by atoms with Gasteiger partial charge in [-0.1, -0.05) is 162 Å². The van der Waals surface area contributed by atoms with Crippen molar-refractivity contribution in [2.24, 2.45) is 0 Å². The molecule has 0 N–H and O–H groups in total. The third-order valence-electron chi connectivity index (χ3n) is 15.3. The number of pyridine rings is 1. The lowest BCUT2D eigenvalue weighted by molar-refractivity contribution is 0.479. The van der Waals surface area contributed by atoms with Gasteiger partial charge < -0.3 is 14.5 Å². The standard InChI is InChI=1S/C70H67F3N4O/c1-67(2,3)46-28-29-74-64(37-46)77-60-23-17-16-22-54(60)55-27-26-52(41-63(55)77)78-53-36-49(70(10,11)12)35-51(40-53)75-42-76(62-25-19-18-24-61(62)75)66-56(45-30-47(68(4,5)6)34-48(31-45)69(7,8)9)32-44(43-20-14-13-15-21-43)33-57(66)65-58(72)38-50(71)39-59(65)73/h13-41H,42H2,1-12H3. The lowest BCUT2D eigenvalue weighted by Gasteiger charge is -2.30. The average Bonchev–Trinajstić information content (AvgIpc) is 4.13. The van der Waals surface area contributed by atoms with E-state index >= 15 is 8.78 Å². The maximum Gasteiger partial charge on any atom is 0.137 e. The fourth-order valence-electron chi connectivity index (χ4n) is 10.8. The van der Waals surface area contributed by atoms with E-state index in [1.54, 1.807) is 0 Å². The Hall–Kier alpha value is -8.10. The van der Waals surface area contributed by atoms with Crippen LogP contribution in [0.3, 0.4) is 0 Å². The van der Waals surface area contributed by atoms with Crippen LogP contribution in [0.4, 0.5) is 35.9 Å². The molecule has 0 amide bonds. The van der Waals surface area contributed by atoms with Crippen LogP contribution >= 0.6 is 0 Å². The van der Waals surface area contributed by atoms with Crippen LogP contribution in [0, 0.1) is 17.5 Å². The van der Waals surface area contributed by atoms with Gasteiger partial charge in [0.05, 0.1) is 33.7 Å². The molecule has 5 nitrogen and oxygen atoms in total. The molecule has 3 heterocycles. The first-order valence-electron chi connectivity index (χ1n) is 26.9. The monoisotopic (exact) mass is 1040 g/mol. The number of para-hydroxylation sites is 3. The molecule has 0 bridgehead atoms. The smallest absolute Gasteiger partial charge is 0.137 e. The van der Waals surface area contributed by atoms with E-state index in [2.05, 4.69) is 201 Å². The Bertz CT molecular complexity index is 3900. The number of anilines is 4. The number of benzene rings is 8. The van der Waals surface area contributed by atoms with Crippen LogP contribution in [0.25, 0.3) is 61.0 Å².